The van der Waals surface area contributed by atoms with E-state index < -0.39 is 11.9 Å². The smallest absolute Gasteiger partial charge is 0.305 e. The fourth-order valence-corrected chi connectivity index (χ4v) is 3.81. The molecule has 1 heterocycles. The maximum absolute atomic E-state index is 11.7. The number of terminal acetylenes is 1. The number of fused-ring (bicyclic) bond motifs is 2. The van der Waals surface area contributed by atoms with E-state index >= 15 is 0 Å². The fourth-order valence-electron chi connectivity index (χ4n) is 3.81. The molecule has 0 unspecified atom stereocenters. The van der Waals surface area contributed by atoms with Gasteiger partial charge in [0, 0.05) is 31.3 Å². The summed E-state index contributed by atoms with van der Waals surface area (Å²) in [4.78, 5) is 52.1. The number of hydrogen-bond donors (Lipinski definition) is 4. The Bertz CT molecular complexity index is 1410. The van der Waals surface area contributed by atoms with Gasteiger partial charge in [-0.15, -0.1) is 6.42 Å². The SMILES string of the molecule is C#CCN(C)c1ccc(C(=O)NCCC(=O)O)cc1.CCC(=O)O.Cc1nc2cc3c(cc2c(=O)[nH]1)CCC3. The molecule has 206 valence electrons. The largest absolute Gasteiger partial charge is 0.481 e. The lowest BCUT2D eigenvalue weighted by molar-refractivity contribution is -0.137. The Morgan fingerprint density at radius 1 is 1.10 bits per heavy atom. The first kappa shape index (κ1) is 30.6. The molecule has 0 aliphatic heterocycles. The van der Waals surface area contributed by atoms with Crippen molar-refractivity contribution in [2.24, 2.45) is 0 Å². The normalized spacial score (nSPS) is 11.1. The van der Waals surface area contributed by atoms with Crippen molar-refractivity contribution in [3.63, 3.8) is 0 Å². The Morgan fingerprint density at radius 3 is 2.28 bits per heavy atom. The van der Waals surface area contributed by atoms with Gasteiger partial charge >= 0.3 is 11.9 Å². The number of hydrogen-bond acceptors (Lipinski definition) is 6. The quantitative estimate of drug-likeness (QED) is 0.337. The summed E-state index contributed by atoms with van der Waals surface area (Å²) in [5.41, 5.74) is 4.89. The zero-order chi connectivity index (χ0) is 28.9. The van der Waals surface area contributed by atoms with Gasteiger partial charge < -0.3 is 25.4 Å². The average Bonchev–Trinajstić information content (AvgIpc) is 3.36. The number of aromatic nitrogens is 2. The Labute approximate surface area is 227 Å². The number of carbonyl (C=O) groups excluding carboxylic acids is 1. The van der Waals surface area contributed by atoms with Crippen LogP contribution < -0.4 is 15.8 Å². The van der Waals surface area contributed by atoms with Gasteiger partial charge in [0.1, 0.15) is 5.82 Å². The number of carboxylic acids is 2. The van der Waals surface area contributed by atoms with Gasteiger partial charge in [-0.2, -0.15) is 0 Å². The number of H-pyrrole nitrogens is 1. The molecule has 0 radical (unpaired) electrons. The molecule has 0 spiro atoms. The first-order valence-electron chi connectivity index (χ1n) is 12.5. The van der Waals surface area contributed by atoms with Crippen LogP contribution in [0.3, 0.4) is 0 Å². The minimum atomic E-state index is -0.938. The maximum Gasteiger partial charge on any atom is 0.305 e. The van der Waals surface area contributed by atoms with Gasteiger partial charge in [-0.25, -0.2) is 4.98 Å². The molecule has 2 aromatic carbocycles. The van der Waals surface area contributed by atoms with E-state index in [1.54, 1.807) is 31.2 Å². The van der Waals surface area contributed by atoms with E-state index in [-0.39, 0.29) is 30.9 Å². The van der Waals surface area contributed by atoms with Crippen LogP contribution in [-0.2, 0) is 22.4 Å². The van der Waals surface area contributed by atoms with Crippen molar-refractivity contribution in [1.82, 2.24) is 15.3 Å². The van der Waals surface area contributed by atoms with Crippen LogP contribution >= 0.6 is 0 Å². The summed E-state index contributed by atoms with van der Waals surface area (Å²) in [6.07, 6.45) is 8.77. The Balaban J connectivity index is 0.000000237. The van der Waals surface area contributed by atoms with Gasteiger partial charge in [0.15, 0.2) is 0 Å². The van der Waals surface area contributed by atoms with Crippen LogP contribution in [0.5, 0.6) is 0 Å². The van der Waals surface area contributed by atoms with Crippen molar-refractivity contribution < 1.29 is 24.6 Å². The van der Waals surface area contributed by atoms with E-state index in [0.29, 0.717) is 17.9 Å². The highest BCUT2D eigenvalue weighted by atomic mass is 16.4. The van der Waals surface area contributed by atoms with Crippen LogP contribution in [0.4, 0.5) is 5.69 Å². The first-order valence-corrected chi connectivity index (χ1v) is 12.5. The molecule has 3 aromatic rings. The number of nitrogens with zero attached hydrogens (tertiary/aromatic N) is 2. The molecular weight excluding hydrogens is 500 g/mol. The predicted octanol–water partition coefficient (Wildman–Crippen LogP) is 3.16. The number of anilines is 1. The number of carboxylic acid groups (broad SMARTS) is 2. The summed E-state index contributed by atoms with van der Waals surface area (Å²) >= 11 is 0. The molecule has 10 heteroatoms. The van der Waals surface area contributed by atoms with E-state index in [1.807, 2.05) is 24.9 Å². The topological polar surface area (TPSA) is 153 Å². The summed E-state index contributed by atoms with van der Waals surface area (Å²) in [6, 6.07) is 11.0. The summed E-state index contributed by atoms with van der Waals surface area (Å²) < 4.78 is 0. The number of nitrogens with one attached hydrogen (secondary N) is 2. The summed E-state index contributed by atoms with van der Waals surface area (Å²) in [5.74, 6) is 1.25. The minimum absolute atomic E-state index is 0.0211. The number of aryl methyl sites for hydroxylation is 3. The second-order valence-corrected chi connectivity index (χ2v) is 8.90. The number of aliphatic carboxylic acids is 2. The zero-order valence-electron chi connectivity index (χ0n) is 22.4. The molecule has 0 saturated carbocycles. The molecule has 39 heavy (non-hydrogen) atoms. The van der Waals surface area contributed by atoms with Gasteiger partial charge in [0.2, 0.25) is 0 Å². The molecule has 4 rings (SSSR count). The lowest BCUT2D eigenvalue weighted by Gasteiger charge is -2.16. The molecular formula is C29H34N4O6. The molecule has 0 bridgehead atoms. The lowest BCUT2D eigenvalue weighted by Crippen LogP contribution is -2.26. The third kappa shape index (κ3) is 9.63. The van der Waals surface area contributed by atoms with Gasteiger partial charge in [-0.05, 0) is 73.7 Å². The number of aromatic amines is 1. The molecule has 1 amide bonds. The Kier molecular flexibility index (Phi) is 11.7. The minimum Gasteiger partial charge on any atom is -0.481 e. The van der Waals surface area contributed by atoms with Crippen LogP contribution in [-0.4, -0.2) is 58.2 Å². The highest BCUT2D eigenvalue weighted by molar-refractivity contribution is 5.94. The van der Waals surface area contributed by atoms with Crippen molar-refractivity contribution in [1.29, 1.82) is 0 Å². The van der Waals surface area contributed by atoms with Gasteiger partial charge in [-0.3, -0.25) is 19.2 Å². The van der Waals surface area contributed by atoms with E-state index in [1.165, 1.54) is 17.5 Å². The molecule has 1 aliphatic carbocycles. The standard InChI is InChI=1S/C14H16N2O3.C12H12N2O.C3H6O2/c1-3-10-16(2)12-6-4-11(5-7-12)14(19)15-9-8-13(17)18;1-7-13-11-6-9-4-2-3-8(9)5-10(11)12(15)14-7;1-2-3(4)5/h1,4-7H,8-10H2,2H3,(H,15,19)(H,17,18);5-6H,2-4H2,1H3,(H,13,14,15);2H2,1H3,(H,4,5). The molecule has 10 nitrogen and oxygen atoms in total. The highest BCUT2D eigenvalue weighted by Crippen LogP contribution is 2.24. The van der Waals surface area contributed by atoms with E-state index in [9.17, 15) is 19.2 Å². The van der Waals surface area contributed by atoms with Crippen LogP contribution in [0.15, 0.2) is 41.2 Å². The molecule has 1 aromatic heterocycles. The maximum atomic E-state index is 11.7. The molecule has 0 fully saturated rings. The van der Waals surface area contributed by atoms with Crippen LogP contribution in [0, 0.1) is 19.3 Å². The van der Waals surface area contributed by atoms with Gasteiger partial charge in [0.05, 0.1) is 23.9 Å². The zero-order valence-corrected chi connectivity index (χ0v) is 22.4. The predicted molar refractivity (Wildman–Crippen MR) is 150 cm³/mol. The van der Waals surface area contributed by atoms with Gasteiger partial charge in [0.25, 0.3) is 11.5 Å². The average molecular weight is 535 g/mol. The lowest BCUT2D eigenvalue weighted by atomic mass is 10.1. The molecule has 1 aliphatic rings. The number of amides is 1. The number of rotatable bonds is 7. The van der Waals surface area contributed by atoms with Gasteiger partial charge in [-0.1, -0.05) is 12.8 Å². The van der Waals surface area contributed by atoms with Crippen molar-refractivity contribution >= 4 is 34.4 Å². The van der Waals surface area contributed by atoms with Crippen LogP contribution in [0.2, 0.25) is 0 Å². The number of carbonyl (C=O) groups is 3. The summed E-state index contributed by atoms with van der Waals surface area (Å²) in [7, 11) is 1.86. The van der Waals surface area contributed by atoms with Crippen LogP contribution in [0.25, 0.3) is 10.9 Å². The third-order valence-corrected chi connectivity index (χ3v) is 5.86. The van der Waals surface area contributed by atoms with Crippen molar-refractivity contribution in [2.75, 3.05) is 25.0 Å². The third-order valence-electron chi connectivity index (χ3n) is 5.86. The fraction of sp³-hybridized carbons (Fsp3) is 0.345. The van der Waals surface area contributed by atoms with E-state index in [4.69, 9.17) is 16.6 Å². The Hall–Kier alpha value is -4.65. The van der Waals surface area contributed by atoms with Crippen molar-refractivity contribution in [3.05, 3.63) is 69.3 Å². The first-order chi connectivity index (χ1) is 18.5. The van der Waals surface area contributed by atoms with Crippen LogP contribution in [0.1, 0.15) is 53.5 Å². The second kappa shape index (κ2) is 14.9. The molecule has 4 N–H and O–H groups in total. The number of benzene rings is 2. The van der Waals surface area contributed by atoms with Crippen molar-refractivity contribution in [2.45, 2.75) is 46.0 Å². The molecule has 0 atom stereocenters. The molecule has 0 saturated heterocycles. The van der Waals surface area contributed by atoms with E-state index in [2.05, 4.69) is 27.3 Å². The van der Waals surface area contributed by atoms with Crippen molar-refractivity contribution in [3.8, 4) is 12.3 Å². The second-order valence-electron chi connectivity index (χ2n) is 8.90. The summed E-state index contributed by atoms with van der Waals surface area (Å²) in [5, 5.41) is 19.5. The Morgan fingerprint density at radius 2 is 1.72 bits per heavy atom. The van der Waals surface area contributed by atoms with E-state index in [0.717, 1.165) is 29.4 Å². The monoisotopic (exact) mass is 534 g/mol. The highest BCUT2D eigenvalue weighted by Gasteiger charge is 2.13. The summed E-state index contributed by atoms with van der Waals surface area (Å²) in [6.45, 7) is 4.02.